The Morgan fingerprint density at radius 1 is 1.09 bits per heavy atom. The zero-order valence-electron chi connectivity index (χ0n) is 13.3. The molecular formula is C19H20O2S. The first-order valence-electron chi connectivity index (χ1n) is 7.07. The van der Waals surface area contributed by atoms with Crippen LogP contribution in [0.5, 0.6) is 5.75 Å². The van der Waals surface area contributed by atoms with E-state index in [0.717, 1.165) is 27.3 Å². The molecule has 0 aliphatic rings. The molecule has 2 rings (SSSR count). The number of hydrogen-bond donors (Lipinski definition) is 0. The Bertz CT molecular complexity index is 677. The van der Waals surface area contributed by atoms with Crippen molar-refractivity contribution in [1.82, 2.24) is 0 Å². The number of allylic oxidation sites excluding steroid dienone is 1. The number of carbonyl (C=O) groups excluding carboxylic acids is 1. The molecule has 0 amide bonds. The van der Waals surface area contributed by atoms with Gasteiger partial charge >= 0.3 is 0 Å². The van der Waals surface area contributed by atoms with Crippen molar-refractivity contribution in [3.8, 4) is 5.75 Å². The lowest BCUT2D eigenvalue weighted by Crippen LogP contribution is -1.94. The van der Waals surface area contributed by atoms with Gasteiger partial charge in [-0.15, -0.1) is 11.8 Å². The first-order chi connectivity index (χ1) is 10.5. The summed E-state index contributed by atoms with van der Waals surface area (Å²) in [6, 6.07) is 11.7. The van der Waals surface area contributed by atoms with Crippen LogP contribution in [0.3, 0.4) is 0 Å². The standard InChI is InChI=1S/C19H20O2S/c1-13-11-15(12-14(2)19(13)21-3)5-10-18(20)16-6-8-17(22-4)9-7-16/h5-12H,1-4H3/b10-5+. The molecule has 114 valence electrons. The van der Waals surface area contributed by atoms with Gasteiger partial charge in [-0.1, -0.05) is 6.08 Å². The summed E-state index contributed by atoms with van der Waals surface area (Å²) in [6.07, 6.45) is 5.49. The molecule has 0 radical (unpaired) electrons. The molecule has 0 saturated carbocycles. The van der Waals surface area contributed by atoms with Crippen LogP contribution >= 0.6 is 11.8 Å². The first kappa shape index (κ1) is 16.4. The van der Waals surface area contributed by atoms with E-state index < -0.39 is 0 Å². The molecule has 0 aliphatic heterocycles. The average Bonchev–Trinajstić information content (AvgIpc) is 2.52. The number of methoxy groups -OCH3 is 1. The maximum absolute atomic E-state index is 12.2. The van der Waals surface area contributed by atoms with Crippen LogP contribution in [-0.4, -0.2) is 19.1 Å². The molecule has 0 atom stereocenters. The van der Waals surface area contributed by atoms with Crippen molar-refractivity contribution < 1.29 is 9.53 Å². The predicted molar refractivity (Wildman–Crippen MR) is 94.1 cm³/mol. The third-order valence-electron chi connectivity index (χ3n) is 3.49. The second-order valence-electron chi connectivity index (χ2n) is 5.11. The molecule has 0 fully saturated rings. The van der Waals surface area contributed by atoms with Gasteiger partial charge in [-0.2, -0.15) is 0 Å². The minimum atomic E-state index is 0.0128. The lowest BCUT2D eigenvalue weighted by Gasteiger charge is -2.09. The molecule has 0 aromatic heterocycles. The summed E-state index contributed by atoms with van der Waals surface area (Å²) in [7, 11) is 1.67. The van der Waals surface area contributed by atoms with Gasteiger partial charge in [0, 0.05) is 10.5 Å². The summed E-state index contributed by atoms with van der Waals surface area (Å²) < 4.78 is 5.35. The summed E-state index contributed by atoms with van der Waals surface area (Å²) >= 11 is 1.66. The van der Waals surface area contributed by atoms with Crippen LogP contribution in [0.1, 0.15) is 27.0 Å². The Hall–Kier alpha value is -2.00. The molecule has 0 saturated heterocycles. The van der Waals surface area contributed by atoms with Gasteiger partial charge in [0.25, 0.3) is 0 Å². The number of carbonyl (C=O) groups is 1. The molecular weight excluding hydrogens is 292 g/mol. The van der Waals surface area contributed by atoms with Crippen molar-refractivity contribution in [2.24, 2.45) is 0 Å². The zero-order chi connectivity index (χ0) is 16.1. The highest BCUT2D eigenvalue weighted by Crippen LogP contribution is 2.25. The van der Waals surface area contributed by atoms with Gasteiger partial charge in [0.05, 0.1) is 7.11 Å². The summed E-state index contributed by atoms with van der Waals surface area (Å²) in [5.41, 5.74) is 3.85. The Morgan fingerprint density at radius 3 is 2.18 bits per heavy atom. The molecule has 2 aromatic rings. The highest BCUT2D eigenvalue weighted by atomic mass is 32.2. The summed E-state index contributed by atoms with van der Waals surface area (Å²) in [4.78, 5) is 13.3. The molecule has 0 N–H and O–H groups in total. The van der Waals surface area contributed by atoms with Crippen molar-refractivity contribution in [1.29, 1.82) is 0 Å². The molecule has 3 heteroatoms. The minimum Gasteiger partial charge on any atom is -0.496 e. The van der Waals surface area contributed by atoms with Crippen molar-refractivity contribution in [3.63, 3.8) is 0 Å². The van der Waals surface area contributed by atoms with Crippen LogP contribution in [0.25, 0.3) is 6.08 Å². The highest BCUT2D eigenvalue weighted by molar-refractivity contribution is 7.98. The van der Waals surface area contributed by atoms with Crippen molar-refractivity contribution >= 4 is 23.6 Å². The van der Waals surface area contributed by atoms with Gasteiger partial charge < -0.3 is 4.74 Å². The maximum atomic E-state index is 12.2. The lowest BCUT2D eigenvalue weighted by atomic mass is 10.0. The first-order valence-corrected chi connectivity index (χ1v) is 8.29. The molecule has 0 spiro atoms. The summed E-state index contributed by atoms with van der Waals surface area (Å²) in [5.74, 6) is 0.912. The van der Waals surface area contributed by atoms with Crippen molar-refractivity contribution in [3.05, 3.63) is 64.7 Å². The highest BCUT2D eigenvalue weighted by Gasteiger charge is 2.05. The Morgan fingerprint density at radius 2 is 1.68 bits per heavy atom. The molecule has 0 heterocycles. The van der Waals surface area contributed by atoms with Crippen LogP contribution < -0.4 is 4.74 Å². The van der Waals surface area contributed by atoms with E-state index in [9.17, 15) is 4.79 Å². The van der Waals surface area contributed by atoms with Crippen LogP contribution in [0.4, 0.5) is 0 Å². The van der Waals surface area contributed by atoms with Crippen LogP contribution in [0.15, 0.2) is 47.4 Å². The normalized spacial score (nSPS) is 10.9. The van der Waals surface area contributed by atoms with Gasteiger partial charge in [-0.25, -0.2) is 0 Å². The summed E-state index contributed by atoms with van der Waals surface area (Å²) in [6.45, 7) is 4.01. The van der Waals surface area contributed by atoms with Gasteiger partial charge in [0.15, 0.2) is 5.78 Å². The number of ketones is 1. The number of ether oxygens (including phenoxy) is 1. The zero-order valence-corrected chi connectivity index (χ0v) is 14.2. The molecule has 0 aliphatic carbocycles. The third kappa shape index (κ3) is 3.80. The van der Waals surface area contributed by atoms with Gasteiger partial charge in [0.1, 0.15) is 5.75 Å². The fraction of sp³-hybridized carbons (Fsp3) is 0.211. The van der Waals surface area contributed by atoms with E-state index in [1.807, 2.05) is 62.6 Å². The average molecular weight is 312 g/mol. The van der Waals surface area contributed by atoms with E-state index >= 15 is 0 Å². The van der Waals surface area contributed by atoms with Crippen molar-refractivity contribution in [2.75, 3.05) is 13.4 Å². The lowest BCUT2D eigenvalue weighted by molar-refractivity contribution is 0.104. The minimum absolute atomic E-state index is 0.0128. The van der Waals surface area contributed by atoms with E-state index in [1.54, 1.807) is 24.9 Å². The van der Waals surface area contributed by atoms with E-state index in [1.165, 1.54) is 0 Å². The van der Waals surface area contributed by atoms with E-state index in [2.05, 4.69) is 0 Å². The number of thioether (sulfide) groups is 1. The van der Waals surface area contributed by atoms with Crippen LogP contribution in [0, 0.1) is 13.8 Å². The van der Waals surface area contributed by atoms with Crippen LogP contribution in [0.2, 0.25) is 0 Å². The molecule has 0 unspecified atom stereocenters. The second kappa shape index (κ2) is 7.32. The number of rotatable bonds is 5. The van der Waals surface area contributed by atoms with E-state index in [4.69, 9.17) is 4.74 Å². The van der Waals surface area contributed by atoms with Gasteiger partial charge in [-0.3, -0.25) is 4.79 Å². The third-order valence-corrected chi connectivity index (χ3v) is 4.23. The van der Waals surface area contributed by atoms with E-state index in [-0.39, 0.29) is 5.78 Å². The largest absolute Gasteiger partial charge is 0.496 e. The van der Waals surface area contributed by atoms with E-state index in [0.29, 0.717) is 5.56 Å². The topological polar surface area (TPSA) is 26.3 Å². The maximum Gasteiger partial charge on any atom is 0.185 e. The second-order valence-corrected chi connectivity index (χ2v) is 5.99. The molecule has 2 nitrogen and oxygen atoms in total. The molecule has 2 aromatic carbocycles. The number of benzene rings is 2. The smallest absolute Gasteiger partial charge is 0.185 e. The molecule has 22 heavy (non-hydrogen) atoms. The van der Waals surface area contributed by atoms with Gasteiger partial charge in [-0.05, 0) is 79.3 Å². The van der Waals surface area contributed by atoms with Crippen molar-refractivity contribution in [2.45, 2.75) is 18.7 Å². The quantitative estimate of drug-likeness (QED) is 0.445. The number of hydrogen-bond acceptors (Lipinski definition) is 3. The SMILES string of the molecule is COc1c(C)cc(/C=C/C(=O)c2ccc(SC)cc2)cc1C. The van der Waals surface area contributed by atoms with Gasteiger partial charge in [0.2, 0.25) is 0 Å². The Kier molecular flexibility index (Phi) is 5.45. The Balaban J connectivity index is 2.18. The molecule has 0 bridgehead atoms. The van der Waals surface area contributed by atoms with Crippen LogP contribution in [-0.2, 0) is 0 Å². The Labute approximate surface area is 136 Å². The monoisotopic (exact) mass is 312 g/mol. The number of aryl methyl sites for hydroxylation is 2. The fourth-order valence-electron chi connectivity index (χ4n) is 2.43. The predicted octanol–water partition coefficient (Wildman–Crippen LogP) is 4.93. The summed E-state index contributed by atoms with van der Waals surface area (Å²) in [5, 5.41) is 0. The fourth-order valence-corrected chi connectivity index (χ4v) is 2.83.